The van der Waals surface area contributed by atoms with Crippen molar-refractivity contribution in [1.82, 2.24) is 0 Å². The van der Waals surface area contributed by atoms with Crippen LogP contribution in [-0.2, 0) is 4.74 Å². The van der Waals surface area contributed by atoms with Gasteiger partial charge in [0.2, 0.25) is 0 Å². The van der Waals surface area contributed by atoms with Gasteiger partial charge in [0.15, 0.2) is 0 Å². The summed E-state index contributed by atoms with van der Waals surface area (Å²) in [5, 5.41) is 19.8. The average molecular weight is 261 g/mol. The second-order valence-corrected chi connectivity index (χ2v) is 4.49. The summed E-state index contributed by atoms with van der Waals surface area (Å²) in [4.78, 5) is 12.5. The highest BCUT2D eigenvalue weighted by Crippen LogP contribution is 2.27. The smallest absolute Gasteiger partial charge is 0.289 e. The lowest BCUT2D eigenvalue weighted by atomic mass is 10.1. The molecule has 0 aliphatic carbocycles. The normalized spacial score (nSPS) is 16.1. The summed E-state index contributed by atoms with van der Waals surface area (Å²) < 4.78 is 5.30. The van der Waals surface area contributed by atoms with E-state index in [1.54, 1.807) is 13.2 Å². The highest BCUT2D eigenvalue weighted by atomic mass is 16.6. The second-order valence-electron chi connectivity index (χ2n) is 4.49. The molecule has 0 atom stereocenters. The number of nitrogens with zero attached hydrogens (tertiary/aromatic N) is 3. The molecule has 6 heteroatoms. The maximum absolute atomic E-state index is 10.9. The molecule has 0 N–H and O–H groups in total. The van der Waals surface area contributed by atoms with Crippen LogP contribution in [0.2, 0.25) is 0 Å². The van der Waals surface area contributed by atoms with Gasteiger partial charge < -0.3 is 9.64 Å². The number of piperidine rings is 1. The number of nitro groups is 1. The zero-order valence-corrected chi connectivity index (χ0v) is 10.7. The maximum Gasteiger partial charge on any atom is 0.289 e. The molecule has 0 bridgehead atoms. The fourth-order valence-electron chi connectivity index (χ4n) is 2.31. The molecule has 1 saturated heterocycles. The average Bonchev–Trinajstić information content (AvgIpc) is 2.46. The molecule has 1 heterocycles. The molecule has 1 aliphatic heterocycles. The number of benzene rings is 1. The zero-order valence-electron chi connectivity index (χ0n) is 10.7. The van der Waals surface area contributed by atoms with Crippen LogP contribution in [0.25, 0.3) is 0 Å². The molecule has 0 aromatic heterocycles. The maximum atomic E-state index is 10.9. The van der Waals surface area contributed by atoms with E-state index in [1.165, 1.54) is 12.1 Å². The summed E-state index contributed by atoms with van der Waals surface area (Å²) in [5.41, 5.74) is 0.759. The van der Waals surface area contributed by atoms with Crippen molar-refractivity contribution in [2.45, 2.75) is 18.9 Å². The Morgan fingerprint density at radius 2 is 2.16 bits per heavy atom. The molecule has 0 amide bonds. The van der Waals surface area contributed by atoms with Crippen molar-refractivity contribution in [2.75, 3.05) is 25.1 Å². The summed E-state index contributed by atoms with van der Waals surface area (Å²) in [5.74, 6) is 0. The molecule has 0 saturated carbocycles. The second kappa shape index (κ2) is 5.67. The Labute approximate surface area is 111 Å². The SMILES string of the molecule is COC1CCN(c2ccc(C#N)c([N+](=O)[O-])c2)CC1. The molecule has 0 radical (unpaired) electrons. The van der Waals surface area contributed by atoms with Crippen molar-refractivity contribution >= 4 is 11.4 Å². The standard InChI is InChI=1S/C13H15N3O3/c1-19-12-4-6-15(7-5-12)11-3-2-10(9-14)13(8-11)16(17)18/h2-3,8,12H,4-7H2,1H3. The summed E-state index contributed by atoms with van der Waals surface area (Å²) in [6.07, 6.45) is 2.08. The number of hydrogen-bond acceptors (Lipinski definition) is 5. The molecule has 0 unspecified atom stereocenters. The Kier molecular flexibility index (Phi) is 3.97. The first-order valence-electron chi connectivity index (χ1n) is 6.12. The zero-order chi connectivity index (χ0) is 13.8. The highest BCUT2D eigenvalue weighted by molar-refractivity contribution is 5.60. The van der Waals surface area contributed by atoms with Crippen molar-refractivity contribution < 1.29 is 9.66 Å². The molecule has 1 aromatic carbocycles. The summed E-state index contributed by atoms with van der Waals surface area (Å²) in [6, 6.07) is 6.59. The Hall–Kier alpha value is -2.13. The lowest BCUT2D eigenvalue weighted by molar-refractivity contribution is -0.385. The predicted molar refractivity (Wildman–Crippen MR) is 70.1 cm³/mol. The van der Waals surface area contributed by atoms with Crippen molar-refractivity contribution in [2.24, 2.45) is 0 Å². The van der Waals surface area contributed by atoms with Gasteiger partial charge in [-0.2, -0.15) is 5.26 Å². The van der Waals surface area contributed by atoms with E-state index in [1.807, 2.05) is 6.07 Å². The van der Waals surface area contributed by atoms with E-state index in [4.69, 9.17) is 10.00 Å². The Balaban J connectivity index is 2.20. The number of methoxy groups -OCH3 is 1. The van der Waals surface area contributed by atoms with Gasteiger partial charge in [-0.3, -0.25) is 10.1 Å². The molecule has 6 nitrogen and oxygen atoms in total. The minimum Gasteiger partial charge on any atom is -0.381 e. The molecule has 1 fully saturated rings. The van der Waals surface area contributed by atoms with E-state index in [2.05, 4.69) is 4.90 Å². The lowest BCUT2D eigenvalue weighted by Gasteiger charge is -2.32. The van der Waals surface area contributed by atoms with Crippen LogP contribution in [0.1, 0.15) is 18.4 Å². The van der Waals surface area contributed by atoms with Crippen LogP contribution in [-0.4, -0.2) is 31.2 Å². The predicted octanol–water partition coefficient (Wildman–Crippen LogP) is 2.08. The van der Waals surface area contributed by atoms with Crippen molar-refractivity contribution in [3.8, 4) is 6.07 Å². The molecule has 19 heavy (non-hydrogen) atoms. The van der Waals surface area contributed by atoms with Gasteiger partial charge in [0.05, 0.1) is 11.0 Å². The van der Waals surface area contributed by atoms with Crippen LogP contribution in [0.4, 0.5) is 11.4 Å². The first-order chi connectivity index (χ1) is 9.15. The lowest BCUT2D eigenvalue weighted by Crippen LogP contribution is -2.36. The summed E-state index contributed by atoms with van der Waals surface area (Å²) in [7, 11) is 1.70. The van der Waals surface area contributed by atoms with E-state index in [0.717, 1.165) is 31.6 Å². The van der Waals surface area contributed by atoms with Crippen LogP contribution in [0, 0.1) is 21.4 Å². The van der Waals surface area contributed by atoms with Crippen LogP contribution in [0.3, 0.4) is 0 Å². The Bertz CT molecular complexity index is 516. The van der Waals surface area contributed by atoms with Crippen LogP contribution in [0.15, 0.2) is 18.2 Å². The fraction of sp³-hybridized carbons (Fsp3) is 0.462. The van der Waals surface area contributed by atoms with E-state index >= 15 is 0 Å². The Morgan fingerprint density at radius 3 is 2.68 bits per heavy atom. The van der Waals surface area contributed by atoms with Crippen molar-refractivity contribution in [3.05, 3.63) is 33.9 Å². The van der Waals surface area contributed by atoms with E-state index in [-0.39, 0.29) is 17.4 Å². The Morgan fingerprint density at radius 1 is 1.47 bits per heavy atom. The van der Waals surface area contributed by atoms with Gasteiger partial charge in [0.25, 0.3) is 5.69 Å². The third kappa shape index (κ3) is 2.83. The number of ether oxygens (including phenoxy) is 1. The van der Waals surface area contributed by atoms with Crippen molar-refractivity contribution in [1.29, 1.82) is 5.26 Å². The largest absolute Gasteiger partial charge is 0.381 e. The van der Waals surface area contributed by atoms with Gasteiger partial charge in [0, 0.05) is 32.0 Å². The van der Waals surface area contributed by atoms with Gasteiger partial charge in [0.1, 0.15) is 11.6 Å². The van der Waals surface area contributed by atoms with Crippen molar-refractivity contribution in [3.63, 3.8) is 0 Å². The number of hydrogen-bond donors (Lipinski definition) is 0. The molecule has 100 valence electrons. The molecule has 0 spiro atoms. The van der Waals surface area contributed by atoms with E-state index < -0.39 is 4.92 Å². The molecule has 1 aliphatic rings. The van der Waals surface area contributed by atoms with Gasteiger partial charge in [-0.1, -0.05) is 0 Å². The van der Waals surface area contributed by atoms with Crippen LogP contribution in [0.5, 0.6) is 0 Å². The highest BCUT2D eigenvalue weighted by Gasteiger charge is 2.21. The third-order valence-electron chi connectivity index (χ3n) is 3.44. The monoisotopic (exact) mass is 261 g/mol. The number of nitriles is 1. The van der Waals surface area contributed by atoms with Crippen LogP contribution < -0.4 is 4.90 Å². The number of rotatable bonds is 3. The van der Waals surface area contributed by atoms with Gasteiger partial charge in [-0.05, 0) is 25.0 Å². The molecular formula is C13H15N3O3. The minimum atomic E-state index is -0.510. The summed E-state index contributed by atoms with van der Waals surface area (Å²) in [6.45, 7) is 1.61. The van der Waals surface area contributed by atoms with Crippen LogP contribution >= 0.6 is 0 Å². The van der Waals surface area contributed by atoms with Gasteiger partial charge in [-0.25, -0.2) is 0 Å². The number of anilines is 1. The quantitative estimate of drug-likeness (QED) is 0.614. The fourth-order valence-corrected chi connectivity index (χ4v) is 2.31. The van der Waals surface area contributed by atoms with E-state index in [0.29, 0.717) is 0 Å². The minimum absolute atomic E-state index is 0.0977. The third-order valence-corrected chi connectivity index (χ3v) is 3.44. The molecule has 1 aromatic rings. The topological polar surface area (TPSA) is 79.4 Å². The first-order valence-corrected chi connectivity index (χ1v) is 6.12. The summed E-state index contributed by atoms with van der Waals surface area (Å²) >= 11 is 0. The van der Waals surface area contributed by atoms with E-state index in [9.17, 15) is 10.1 Å². The van der Waals surface area contributed by atoms with Gasteiger partial charge in [-0.15, -0.1) is 0 Å². The van der Waals surface area contributed by atoms with Gasteiger partial charge >= 0.3 is 0 Å². The molecule has 2 rings (SSSR count). The number of nitro benzene ring substituents is 1. The molecular weight excluding hydrogens is 246 g/mol. The first kappa shape index (κ1) is 13.3.